The molecule has 0 atom stereocenters. The van der Waals surface area contributed by atoms with Crippen LogP contribution < -0.4 is 14.4 Å². The standard InChI is InChI=1S/C23H22N6O3S/c1-32-22-11-10-19(16-26-22)29(21-9-3-8-20(27-21)28-33(2,30)31)23(17-6-4-12-24-14-17)18-7-5-13-25-15-18/h3-16,23H,1-2H3,(H,27,28). The lowest BCUT2D eigenvalue weighted by molar-refractivity contribution is 0.398. The predicted octanol–water partition coefficient (Wildman–Crippen LogP) is 3.57. The van der Waals surface area contributed by atoms with Crippen molar-refractivity contribution in [2.75, 3.05) is 23.0 Å². The van der Waals surface area contributed by atoms with E-state index in [0.29, 0.717) is 11.7 Å². The highest BCUT2D eigenvalue weighted by molar-refractivity contribution is 7.92. The van der Waals surface area contributed by atoms with Crippen molar-refractivity contribution < 1.29 is 13.2 Å². The van der Waals surface area contributed by atoms with Crippen LogP contribution in [-0.2, 0) is 10.0 Å². The number of nitrogens with one attached hydrogen (secondary N) is 1. The Morgan fingerprint density at radius 1 is 0.909 bits per heavy atom. The maximum Gasteiger partial charge on any atom is 0.230 e. The molecular formula is C23H22N6O3S. The fourth-order valence-electron chi connectivity index (χ4n) is 3.42. The Balaban J connectivity index is 1.92. The zero-order chi connectivity index (χ0) is 23.3. The number of methoxy groups -OCH3 is 1. The van der Waals surface area contributed by atoms with Crippen molar-refractivity contribution in [1.29, 1.82) is 0 Å². The van der Waals surface area contributed by atoms with Crippen molar-refractivity contribution in [2.45, 2.75) is 6.04 Å². The molecule has 0 unspecified atom stereocenters. The van der Waals surface area contributed by atoms with E-state index in [1.807, 2.05) is 35.2 Å². The summed E-state index contributed by atoms with van der Waals surface area (Å²) in [6.45, 7) is 0. The van der Waals surface area contributed by atoms with Crippen LogP contribution in [0.25, 0.3) is 0 Å². The summed E-state index contributed by atoms with van der Waals surface area (Å²) >= 11 is 0. The Morgan fingerprint density at radius 2 is 1.61 bits per heavy atom. The largest absolute Gasteiger partial charge is 0.481 e. The van der Waals surface area contributed by atoms with E-state index in [1.165, 1.54) is 0 Å². The van der Waals surface area contributed by atoms with Crippen LogP contribution in [0.2, 0.25) is 0 Å². The number of aromatic nitrogens is 4. The van der Waals surface area contributed by atoms with E-state index < -0.39 is 10.0 Å². The first kappa shape index (κ1) is 22.2. The molecule has 0 bridgehead atoms. The van der Waals surface area contributed by atoms with Crippen LogP contribution in [0.1, 0.15) is 17.2 Å². The summed E-state index contributed by atoms with van der Waals surface area (Å²) in [4.78, 5) is 19.5. The Morgan fingerprint density at radius 3 is 2.12 bits per heavy atom. The lowest BCUT2D eigenvalue weighted by atomic mass is 9.99. The fraction of sp³-hybridized carbons (Fsp3) is 0.130. The lowest BCUT2D eigenvalue weighted by Gasteiger charge is -2.33. The first-order valence-electron chi connectivity index (χ1n) is 9.98. The summed E-state index contributed by atoms with van der Waals surface area (Å²) in [6.07, 6.45) is 9.73. The van der Waals surface area contributed by atoms with Gasteiger partial charge in [-0.15, -0.1) is 0 Å². The average Bonchev–Trinajstić information content (AvgIpc) is 2.83. The second kappa shape index (κ2) is 9.61. The molecule has 0 aliphatic heterocycles. The van der Waals surface area contributed by atoms with Crippen LogP contribution in [0.5, 0.6) is 5.88 Å². The van der Waals surface area contributed by atoms with E-state index in [4.69, 9.17) is 4.74 Å². The zero-order valence-electron chi connectivity index (χ0n) is 18.0. The number of pyridine rings is 4. The SMILES string of the molecule is COc1ccc(N(c2cccc(NS(C)(=O)=O)n2)C(c2cccnc2)c2cccnc2)cn1. The van der Waals surface area contributed by atoms with Gasteiger partial charge in [-0.05, 0) is 41.5 Å². The van der Waals surface area contributed by atoms with E-state index >= 15 is 0 Å². The minimum atomic E-state index is -3.50. The molecule has 9 nitrogen and oxygen atoms in total. The molecule has 168 valence electrons. The van der Waals surface area contributed by atoms with E-state index in [0.717, 1.165) is 23.1 Å². The van der Waals surface area contributed by atoms with Crippen molar-refractivity contribution >= 4 is 27.3 Å². The molecule has 4 aromatic heterocycles. The van der Waals surface area contributed by atoms with Crippen LogP contribution in [-0.4, -0.2) is 41.7 Å². The number of hydrogen-bond acceptors (Lipinski definition) is 8. The summed E-state index contributed by atoms with van der Waals surface area (Å²) in [5.41, 5.74) is 2.51. The maximum atomic E-state index is 11.8. The molecule has 0 radical (unpaired) electrons. The molecule has 0 aliphatic carbocycles. The van der Waals surface area contributed by atoms with Gasteiger partial charge in [0.25, 0.3) is 0 Å². The van der Waals surface area contributed by atoms with Crippen molar-refractivity contribution in [3.63, 3.8) is 0 Å². The maximum absolute atomic E-state index is 11.8. The fourth-order valence-corrected chi connectivity index (χ4v) is 3.91. The topological polar surface area (TPSA) is 110 Å². The van der Waals surface area contributed by atoms with Crippen LogP contribution in [0.3, 0.4) is 0 Å². The van der Waals surface area contributed by atoms with Gasteiger partial charge in [-0.25, -0.2) is 18.4 Å². The molecule has 4 aromatic rings. The Labute approximate surface area is 192 Å². The number of anilines is 3. The second-order valence-corrected chi connectivity index (χ2v) is 8.91. The van der Waals surface area contributed by atoms with Crippen molar-refractivity contribution in [2.24, 2.45) is 0 Å². The molecule has 4 heterocycles. The number of nitrogens with zero attached hydrogens (tertiary/aromatic N) is 5. The van der Waals surface area contributed by atoms with Crippen molar-refractivity contribution in [1.82, 2.24) is 19.9 Å². The van der Waals surface area contributed by atoms with Gasteiger partial charge in [-0.1, -0.05) is 18.2 Å². The minimum absolute atomic E-state index is 0.206. The quantitative estimate of drug-likeness (QED) is 0.423. The van der Waals surface area contributed by atoms with Gasteiger partial charge in [0.1, 0.15) is 11.6 Å². The highest BCUT2D eigenvalue weighted by atomic mass is 32.2. The summed E-state index contributed by atoms with van der Waals surface area (Å²) < 4.78 is 31.2. The number of sulfonamides is 1. The Hall–Kier alpha value is -4.05. The van der Waals surface area contributed by atoms with Gasteiger partial charge in [0.05, 0.1) is 31.3 Å². The highest BCUT2D eigenvalue weighted by Crippen LogP contribution is 2.38. The lowest BCUT2D eigenvalue weighted by Crippen LogP contribution is -2.26. The molecule has 4 rings (SSSR count). The first-order chi connectivity index (χ1) is 15.9. The number of rotatable bonds is 8. The van der Waals surface area contributed by atoms with Gasteiger partial charge in [-0.2, -0.15) is 0 Å². The van der Waals surface area contributed by atoms with Crippen LogP contribution in [0, 0.1) is 0 Å². The van der Waals surface area contributed by atoms with Gasteiger partial charge in [-0.3, -0.25) is 14.7 Å². The number of hydrogen-bond donors (Lipinski definition) is 1. The molecule has 0 saturated carbocycles. The molecule has 0 aromatic carbocycles. The monoisotopic (exact) mass is 462 g/mol. The normalized spacial score (nSPS) is 11.2. The third kappa shape index (κ3) is 5.42. The molecule has 33 heavy (non-hydrogen) atoms. The summed E-state index contributed by atoms with van der Waals surface area (Å²) in [7, 11) is -1.95. The minimum Gasteiger partial charge on any atom is -0.481 e. The first-order valence-corrected chi connectivity index (χ1v) is 11.9. The Kier molecular flexibility index (Phi) is 6.45. The van der Waals surface area contributed by atoms with Gasteiger partial charge in [0.15, 0.2) is 0 Å². The van der Waals surface area contributed by atoms with Gasteiger partial charge < -0.3 is 9.64 Å². The van der Waals surface area contributed by atoms with Gasteiger partial charge in [0.2, 0.25) is 15.9 Å². The second-order valence-electron chi connectivity index (χ2n) is 7.16. The van der Waals surface area contributed by atoms with E-state index in [9.17, 15) is 8.42 Å². The van der Waals surface area contributed by atoms with Crippen LogP contribution >= 0.6 is 0 Å². The summed E-state index contributed by atoms with van der Waals surface area (Å²) in [5, 5.41) is 0. The third-order valence-corrected chi connectivity index (χ3v) is 5.32. The van der Waals surface area contributed by atoms with Gasteiger partial charge >= 0.3 is 0 Å². The molecule has 1 N–H and O–H groups in total. The van der Waals surface area contributed by atoms with Crippen molar-refractivity contribution in [3.05, 3.63) is 96.7 Å². The van der Waals surface area contributed by atoms with E-state index in [1.54, 1.807) is 62.4 Å². The number of ether oxygens (including phenoxy) is 1. The molecule has 0 aliphatic rings. The molecule has 0 spiro atoms. The third-order valence-electron chi connectivity index (χ3n) is 4.74. The zero-order valence-corrected chi connectivity index (χ0v) is 18.8. The summed E-state index contributed by atoms with van der Waals surface area (Å²) in [6, 6.07) is 16.0. The molecule has 0 fully saturated rings. The van der Waals surface area contributed by atoms with E-state index in [2.05, 4.69) is 24.7 Å². The van der Waals surface area contributed by atoms with Crippen LogP contribution in [0.4, 0.5) is 17.3 Å². The molecule has 10 heteroatoms. The van der Waals surface area contributed by atoms with E-state index in [-0.39, 0.29) is 11.9 Å². The average molecular weight is 463 g/mol. The van der Waals surface area contributed by atoms with Gasteiger partial charge in [0, 0.05) is 30.9 Å². The Bertz CT molecular complexity index is 1260. The predicted molar refractivity (Wildman–Crippen MR) is 126 cm³/mol. The highest BCUT2D eigenvalue weighted by Gasteiger charge is 2.27. The summed E-state index contributed by atoms with van der Waals surface area (Å²) in [5.74, 6) is 1.18. The van der Waals surface area contributed by atoms with Crippen molar-refractivity contribution in [3.8, 4) is 5.88 Å². The van der Waals surface area contributed by atoms with Crippen LogP contribution in [0.15, 0.2) is 85.6 Å². The molecule has 0 saturated heterocycles. The molecular weight excluding hydrogens is 440 g/mol. The molecule has 0 amide bonds. The smallest absolute Gasteiger partial charge is 0.230 e.